The topological polar surface area (TPSA) is 207 Å². The van der Waals surface area contributed by atoms with Gasteiger partial charge < -0.3 is 42.7 Å². The largest absolute Gasteiger partial charge is 0.452 e. The Morgan fingerprint density at radius 3 is 1.80 bits per heavy atom. The number of dihydropyridines is 1. The maximum Gasteiger partial charge on any atom is 0.401 e. The molecular weight excluding hydrogens is 1230 g/mol. The number of carbonyl (C=O) groups is 1. The third kappa shape index (κ3) is 11.3. The smallest absolute Gasteiger partial charge is 0.401 e. The van der Waals surface area contributed by atoms with Crippen molar-refractivity contribution >= 4 is 63.0 Å². The highest BCUT2D eigenvalue weighted by atomic mass is 19.4. The van der Waals surface area contributed by atoms with E-state index in [0.717, 1.165) is 28.4 Å². The minimum absolute atomic E-state index is 0.0825. The Balaban J connectivity index is 0.617. The number of alkyl halides is 3. The van der Waals surface area contributed by atoms with Crippen LogP contribution in [0.5, 0.6) is 0 Å². The summed E-state index contributed by atoms with van der Waals surface area (Å²) in [6.45, 7) is 12.5. The number of urea groups is 1. The summed E-state index contributed by atoms with van der Waals surface area (Å²) in [5.74, 6) is 2.79. The lowest BCUT2D eigenvalue weighted by molar-refractivity contribution is -0.146. The van der Waals surface area contributed by atoms with Gasteiger partial charge >= 0.3 is 12.2 Å². The van der Waals surface area contributed by atoms with Gasteiger partial charge in [0.05, 0.1) is 40.8 Å². The molecule has 23 heteroatoms. The third-order valence-corrected chi connectivity index (χ3v) is 19.5. The number of carbonyl (C=O) groups excluding carboxylic acids is 1. The average molecular weight is 1300 g/mol. The third-order valence-electron chi connectivity index (χ3n) is 19.5. The normalized spacial score (nSPS) is 16.9. The first-order chi connectivity index (χ1) is 46.4. The zero-order valence-corrected chi connectivity index (χ0v) is 53.8. The SMILES string of the molecule is Cc1c(C)c(=O)c(=C2C=CC(N3CCN(c4c5nc6ccccc6oc-5c(-c5ccc(N6CCN(C(=O)N(C)CCc7c8nc9ccccc9oc-8c(-c8ccc(N9CCN(CC(F)(F)F)CC9)nc8)c(=O)c7C)CC6)nc5)c(=O)c4C)CC3)=NC2)c2oc3c(nc1=2)CC=CC=3. The maximum absolute atomic E-state index is 14.9. The molecule has 0 radical (unpaired) electrons. The zero-order chi connectivity index (χ0) is 66.3. The first kappa shape index (κ1) is 61.6. The number of rotatable bonds is 9. The standard InChI is InChI=1S/C73H68F3N13O7/c1-42-43(2)66(90)59(69-62(42)80-50-12-6-9-15-53(50)94-69)46-18-22-57(78-38-46)86-30-34-88(35-31-86)65-45(4)68(92)61(71-64(65)82-52-14-8-11-17-55(52)96-71)48-20-23-58(79-40-48)87-32-36-89(37-33-87)72(93)83(5)25-24-49-44(3)67(91)60(70-63(49)81-51-13-7-10-16-54(51)95-70)47-19-21-56(77-39-47)85-28-26-84(27-29-85)41-73(74,75)76/h6-11,13-23,39-40H,12,24-38,41H2,1-5H3. The number of aliphatic imine (C=N–C) groups is 1. The number of amides is 2. The van der Waals surface area contributed by atoms with Crippen molar-refractivity contribution in [3.05, 3.63) is 195 Å². The van der Waals surface area contributed by atoms with Gasteiger partial charge in [0.15, 0.2) is 44.4 Å². The summed E-state index contributed by atoms with van der Waals surface area (Å²) in [4.78, 5) is 101. The van der Waals surface area contributed by atoms with Crippen LogP contribution in [0.3, 0.4) is 0 Å². The molecule has 4 aliphatic carbocycles. The predicted molar refractivity (Wildman–Crippen MR) is 363 cm³/mol. The Morgan fingerprint density at radius 2 is 1.20 bits per heavy atom. The van der Waals surface area contributed by atoms with Crippen LogP contribution in [0.1, 0.15) is 33.5 Å². The van der Waals surface area contributed by atoms with Crippen LogP contribution in [-0.4, -0.2) is 168 Å². The van der Waals surface area contributed by atoms with Gasteiger partial charge in [0.25, 0.3) is 0 Å². The monoisotopic (exact) mass is 1300 g/mol. The van der Waals surface area contributed by atoms with E-state index >= 15 is 0 Å². The summed E-state index contributed by atoms with van der Waals surface area (Å²) in [6, 6.07) is 22.1. The van der Waals surface area contributed by atoms with Gasteiger partial charge in [-0.1, -0.05) is 42.5 Å². The number of halogens is 3. The number of likely N-dealkylation sites (N-methyl/N-ethyl adjacent to an activating group) is 1. The number of benzene rings is 4. The van der Waals surface area contributed by atoms with Gasteiger partial charge in [-0.15, -0.1) is 0 Å². The molecule has 9 heterocycles. The molecule has 2 aromatic heterocycles. The Bertz CT molecular complexity index is 5200. The van der Waals surface area contributed by atoms with Crippen LogP contribution >= 0.6 is 0 Å². The first-order valence-corrected chi connectivity index (χ1v) is 32.4. The summed E-state index contributed by atoms with van der Waals surface area (Å²) >= 11 is 0. The van der Waals surface area contributed by atoms with Crippen molar-refractivity contribution in [1.29, 1.82) is 0 Å². The van der Waals surface area contributed by atoms with Gasteiger partial charge in [-0.05, 0) is 111 Å². The van der Waals surface area contributed by atoms with Gasteiger partial charge in [-0.25, -0.2) is 29.7 Å². The maximum atomic E-state index is 14.9. The number of allylic oxidation sites excluding steroid dienone is 2. The van der Waals surface area contributed by atoms with E-state index < -0.39 is 12.7 Å². The zero-order valence-electron chi connectivity index (χ0n) is 53.8. The number of fused-ring (bicyclic) bond motifs is 5. The Labute approximate surface area is 548 Å². The Morgan fingerprint density at radius 1 is 0.615 bits per heavy atom. The molecule has 0 bridgehead atoms. The summed E-state index contributed by atoms with van der Waals surface area (Å²) in [7, 11) is 1.75. The van der Waals surface area contributed by atoms with Gasteiger partial charge in [0, 0.05) is 139 Å². The van der Waals surface area contributed by atoms with E-state index in [2.05, 4.69) is 19.7 Å². The molecule has 20 nitrogen and oxygen atoms in total. The molecule has 3 fully saturated rings. The second-order valence-electron chi connectivity index (χ2n) is 25.3. The van der Waals surface area contributed by atoms with Gasteiger partial charge in [0.1, 0.15) is 50.7 Å². The van der Waals surface area contributed by atoms with Crippen molar-refractivity contribution in [2.75, 3.05) is 120 Å². The van der Waals surface area contributed by atoms with Crippen LogP contribution in [0.25, 0.3) is 79.0 Å². The second kappa shape index (κ2) is 24.7. The highest BCUT2D eigenvalue weighted by Gasteiger charge is 2.35. The fraction of sp³-hybridized carbons (Fsp3) is 0.315. The molecule has 3 saturated heterocycles. The predicted octanol–water partition coefficient (Wildman–Crippen LogP) is 8.26. The fourth-order valence-corrected chi connectivity index (χ4v) is 14.0. The summed E-state index contributed by atoms with van der Waals surface area (Å²) in [6.07, 6.45) is 9.84. The van der Waals surface area contributed by atoms with Crippen LogP contribution in [0.2, 0.25) is 0 Å². The van der Waals surface area contributed by atoms with Crippen LogP contribution in [0.15, 0.2) is 142 Å². The molecule has 2 aromatic carbocycles. The minimum atomic E-state index is -4.27. The van der Waals surface area contributed by atoms with Crippen molar-refractivity contribution in [2.45, 2.75) is 46.7 Å². The van der Waals surface area contributed by atoms with Crippen LogP contribution in [0, 0.1) is 38.5 Å². The molecule has 488 valence electrons. The van der Waals surface area contributed by atoms with Crippen LogP contribution < -0.4 is 41.6 Å². The highest BCUT2D eigenvalue weighted by Crippen LogP contribution is 2.42. The first-order valence-electron chi connectivity index (χ1n) is 32.4. The van der Waals surface area contributed by atoms with E-state index in [1.54, 1.807) is 49.5 Å². The van der Waals surface area contributed by atoms with Crippen molar-refractivity contribution in [2.24, 2.45) is 4.99 Å². The van der Waals surface area contributed by atoms with E-state index in [0.29, 0.717) is 207 Å². The lowest BCUT2D eigenvalue weighted by atomic mass is 9.92. The van der Waals surface area contributed by atoms with E-state index in [-0.39, 0.29) is 42.0 Å². The number of anilines is 3. The average Bonchev–Trinajstić information content (AvgIpc) is 0.749. The lowest BCUT2D eigenvalue weighted by Crippen LogP contribution is -2.52. The summed E-state index contributed by atoms with van der Waals surface area (Å²) < 4.78 is 58.8. The van der Waals surface area contributed by atoms with Gasteiger partial charge in [-0.2, -0.15) is 13.2 Å². The quantitative estimate of drug-likeness (QED) is 0.125. The van der Waals surface area contributed by atoms with Gasteiger partial charge in [-0.3, -0.25) is 24.3 Å². The molecule has 2 amide bonds. The van der Waals surface area contributed by atoms with Crippen molar-refractivity contribution < 1.29 is 31.2 Å². The molecule has 11 aliphatic rings. The van der Waals surface area contributed by atoms with E-state index in [4.69, 9.17) is 38.2 Å². The van der Waals surface area contributed by atoms with Crippen LogP contribution in [-0.2, 0) is 12.8 Å². The van der Waals surface area contributed by atoms with E-state index in [1.807, 2.05) is 116 Å². The second-order valence-corrected chi connectivity index (χ2v) is 25.3. The molecule has 0 unspecified atom stereocenters. The summed E-state index contributed by atoms with van der Waals surface area (Å²) in [5.41, 5.74) is 11.3. The molecule has 0 atom stereocenters. The number of amidine groups is 1. The number of hydrogen-bond acceptors (Lipinski definition) is 18. The summed E-state index contributed by atoms with van der Waals surface area (Å²) in [5, 5.41) is 1.19. The molecule has 96 heavy (non-hydrogen) atoms. The van der Waals surface area contributed by atoms with E-state index in [1.165, 1.54) is 4.90 Å². The van der Waals surface area contributed by atoms with Crippen molar-refractivity contribution in [1.82, 2.24) is 44.5 Å². The molecule has 7 aliphatic heterocycles. The number of piperazine rings is 3. The molecule has 4 aromatic rings. The number of aromatic nitrogens is 5. The fourth-order valence-electron chi connectivity index (χ4n) is 14.0. The number of nitrogens with zero attached hydrogens (tertiary/aromatic N) is 13. The van der Waals surface area contributed by atoms with Gasteiger partial charge in [0.2, 0.25) is 0 Å². The molecule has 15 rings (SSSR count). The number of hydrogen-bond donors (Lipinski definition) is 0. The molecule has 0 saturated carbocycles. The molecular formula is C73H68F3N13O7. The Hall–Kier alpha value is -10.6. The number of para-hydroxylation sites is 4. The lowest BCUT2D eigenvalue weighted by Gasteiger charge is -2.39. The van der Waals surface area contributed by atoms with Crippen molar-refractivity contribution in [3.63, 3.8) is 0 Å². The molecule has 0 spiro atoms. The number of pyridine rings is 2. The molecule has 0 N–H and O–H groups in total. The Kier molecular flexibility index (Phi) is 15.8. The minimum Gasteiger partial charge on any atom is -0.452 e. The van der Waals surface area contributed by atoms with E-state index in [9.17, 15) is 32.3 Å². The highest BCUT2D eigenvalue weighted by molar-refractivity contribution is 5.97. The van der Waals surface area contributed by atoms with Crippen LogP contribution in [0.4, 0.5) is 35.3 Å². The van der Waals surface area contributed by atoms with Crippen molar-refractivity contribution in [3.8, 4) is 45.2 Å².